The molecule has 1 aromatic carbocycles. The van der Waals surface area contributed by atoms with Crippen molar-refractivity contribution in [2.24, 2.45) is 5.73 Å². The number of fused-ring (bicyclic) bond motifs is 2. The Balaban J connectivity index is 1.45. The number of carbonyl (C=O) groups excluding carboxylic acids is 1. The number of nitrogens with zero attached hydrogens (tertiary/aromatic N) is 3. The van der Waals surface area contributed by atoms with Gasteiger partial charge in [-0.1, -0.05) is 18.2 Å². The van der Waals surface area contributed by atoms with E-state index in [4.69, 9.17) is 18.0 Å². The second-order valence-corrected chi connectivity index (χ2v) is 8.73. The summed E-state index contributed by atoms with van der Waals surface area (Å²) >= 11 is 5.12. The first kappa shape index (κ1) is 18.7. The number of hydrogen-bond donors (Lipinski definition) is 1. The average molecular weight is 387 g/mol. The fourth-order valence-electron chi connectivity index (χ4n) is 5.35. The van der Waals surface area contributed by atoms with E-state index in [1.54, 1.807) is 6.92 Å². The third-order valence-electron chi connectivity index (χ3n) is 7.01. The van der Waals surface area contributed by atoms with E-state index in [0.717, 1.165) is 57.7 Å². The predicted molar refractivity (Wildman–Crippen MR) is 113 cm³/mol. The van der Waals surface area contributed by atoms with Crippen LogP contribution in [0.3, 0.4) is 0 Å². The smallest absolute Gasteiger partial charge is 0.223 e. The first-order valence-corrected chi connectivity index (χ1v) is 10.6. The highest BCUT2D eigenvalue weighted by molar-refractivity contribution is 7.80. The second kappa shape index (κ2) is 7.40. The van der Waals surface area contributed by atoms with Crippen molar-refractivity contribution in [3.05, 3.63) is 29.8 Å². The van der Waals surface area contributed by atoms with Crippen LogP contribution in [0.15, 0.2) is 24.3 Å². The van der Waals surface area contributed by atoms with Gasteiger partial charge in [0, 0.05) is 43.7 Å². The maximum absolute atomic E-state index is 12.1. The molecule has 3 aliphatic rings. The number of nitrogens with two attached hydrogens (primary N) is 1. The third kappa shape index (κ3) is 3.45. The van der Waals surface area contributed by atoms with Crippen LogP contribution >= 0.6 is 12.2 Å². The van der Waals surface area contributed by atoms with Crippen molar-refractivity contribution in [1.29, 1.82) is 0 Å². The number of para-hydroxylation sites is 1. The van der Waals surface area contributed by atoms with E-state index >= 15 is 0 Å². The zero-order valence-electron chi connectivity index (χ0n) is 16.2. The van der Waals surface area contributed by atoms with Crippen LogP contribution < -0.4 is 10.6 Å². The van der Waals surface area contributed by atoms with Crippen molar-refractivity contribution in [3.63, 3.8) is 0 Å². The van der Waals surface area contributed by atoms with Crippen LogP contribution in [0.25, 0.3) is 0 Å². The minimum Gasteiger partial charge on any atom is -0.376 e. The first-order chi connectivity index (χ1) is 13.0. The summed E-state index contributed by atoms with van der Waals surface area (Å²) in [6.45, 7) is 6.78. The van der Waals surface area contributed by atoms with Gasteiger partial charge in [-0.2, -0.15) is 0 Å². The molecule has 146 valence electrons. The molecule has 1 aromatic rings. The summed E-state index contributed by atoms with van der Waals surface area (Å²) in [5.74, 6) is 0.152. The SMILES string of the molecule is CC(=O)N1CCC2(CCN(C3CCN(C(N)=S)CC3)CC2)c2ccccc21. The maximum atomic E-state index is 12.1. The topological polar surface area (TPSA) is 52.8 Å². The van der Waals surface area contributed by atoms with Gasteiger partial charge < -0.3 is 20.4 Å². The molecule has 1 amide bonds. The van der Waals surface area contributed by atoms with Crippen LogP contribution in [0.5, 0.6) is 0 Å². The highest BCUT2D eigenvalue weighted by Gasteiger charge is 2.43. The number of rotatable bonds is 1. The first-order valence-electron chi connectivity index (χ1n) is 10.2. The summed E-state index contributed by atoms with van der Waals surface area (Å²) in [6, 6.07) is 9.21. The largest absolute Gasteiger partial charge is 0.376 e. The Kier molecular flexibility index (Phi) is 5.12. The molecule has 2 saturated heterocycles. The van der Waals surface area contributed by atoms with Crippen molar-refractivity contribution >= 4 is 28.9 Å². The zero-order valence-corrected chi connectivity index (χ0v) is 17.0. The molecule has 0 aromatic heterocycles. The van der Waals surface area contributed by atoms with Gasteiger partial charge in [-0.15, -0.1) is 0 Å². The van der Waals surface area contributed by atoms with Gasteiger partial charge >= 0.3 is 0 Å². The molecule has 5 nitrogen and oxygen atoms in total. The van der Waals surface area contributed by atoms with E-state index in [1.807, 2.05) is 4.90 Å². The number of hydrogen-bond acceptors (Lipinski definition) is 3. The lowest BCUT2D eigenvalue weighted by Gasteiger charge is -2.50. The van der Waals surface area contributed by atoms with E-state index in [-0.39, 0.29) is 11.3 Å². The van der Waals surface area contributed by atoms with Gasteiger partial charge in [-0.25, -0.2) is 0 Å². The molecular weight excluding hydrogens is 356 g/mol. The van der Waals surface area contributed by atoms with Gasteiger partial charge in [-0.05, 0) is 69.0 Å². The zero-order chi connectivity index (χ0) is 19.0. The molecule has 3 heterocycles. The maximum Gasteiger partial charge on any atom is 0.223 e. The molecule has 6 heteroatoms. The van der Waals surface area contributed by atoms with Gasteiger partial charge in [0.1, 0.15) is 0 Å². The summed E-state index contributed by atoms with van der Waals surface area (Å²) in [5, 5.41) is 0.542. The van der Waals surface area contributed by atoms with Crippen molar-refractivity contribution in [2.75, 3.05) is 37.6 Å². The lowest BCUT2D eigenvalue weighted by atomic mass is 9.67. The molecule has 0 unspecified atom stereocenters. The van der Waals surface area contributed by atoms with Crippen molar-refractivity contribution in [3.8, 4) is 0 Å². The van der Waals surface area contributed by atoms with Crippen LogP contribution in [0, 0.1) is 0 Å². The minimum absolute atomic E-state index is 0.152. The van der Waals surface area contributed by atoms with E-state index < -0.39 is 0 Å². The quantitative estimate of drug-likeness (QED) is 0.752. The van der Waals surface area contributed by atoms with Gasteiger partial charge in [-0.3, -0.25) is 4.79 Å². The molecule has 2 fully saturated rings. The highest BCUT2D eigenvalue weighted by Crippen LogP contribution is 2.47. The molecule has 3 aliphatic heterocycles. The van der Waals surface area contributed by atoms with E-state index in [0.29, 0.717) is 11.2 Å². The van der Waals surface area contributed by atoms with Gasteiger partial charge in [0.25, 0.3) is 0 Å². The molecule has 27 heavy (non-hydrogen) atoms. The number of piperidine rings is 2. The van der Waals surface area contributed by atoms with E-state index in [9.17, 15) is 4.79 Å². The lowest BCUT2D eigenvalue weighted by Crippen LogP contribution is -2.53. The van der Waals surface area contributed by atoms with Crippen LogP contribution in [0.1, 0.15) is 44.6 Å². The van der Waals surface area contributed by atoms with Gasteiger partial charge in [0.15, 0.2) is 5.11 Å². The Hall–Kier alpha value is -1.66. The van der Waals surface area contributed by atoms with E-state index in [2.05, 4.69) is 34.1 Å². The predicted octanol–water partition coefficient (Wildman–Crippen LogP) is 2.48. The number of benzene rings is 1. The fourth-order valence-corrected chi connectivity index (χ4v) is 5.54. The van der Waals surface area contributed by atoms with Gasteiger partial charge in [0.2, 0.25) is 5.91 Å². The highest BCUT2D eigenvalue weighted by atomic mass is 32.1. The standard InChI is InChI=1S/C21H30N4OS/c1-16(26)25-15-10-21(18-4-2-3-5-19(18)25)8-13-23(14-9-21)17-6-11-24(12-7-17)20(22)27/h2-5,17H,6-15H2,1H3,(H2,22,27). The number of likely N-dealkylation sites (tertiary alicyclic amines) is 2. The molecule has 0 aliphatic carbocycles. The number of amides is 1. The molecule has 1 spiro atoms. The summed E-state index contributed by atoms with van der Waals surface area (Å²) in [6.07, 6.45) is 5.76. The molecule has 0 radical (unpaired) electrons. The van der Waals surface area contributed by atoms with Crippen LogP contribution in [0.2, 0.25) is 0 Å². The lowest BCUT2D eigenvalue weighted by molar-refractivity contribution is -0.116. The Morgan fingerprint density at radius 3 is 2.33 bits per heavy atom. The summed E-state index contributed by atoms with van der Waals surface area (Å²) in [5.41, 5.74) is 8.53. The minimum atomic E-state index is 0.152. The number of thiocarbonyl (C=S) groups is 1. The summed E-state index contributed by atoms with van der Waals surface area (Å²) in [4.78, 5) is 18.8. The van der Waals surface area contributed by atoms with Crippen LogP contribution in [-0.4, -0.2) is 59.6 Å². The van der Waals surface area contributed by atoms with Crippen molar-refractivity contribution in [2.45, 2.75) is 50.5 Å². The molecule has 2 N–H and O–H groups in total. The normalized spacial score (nSPS) is 23.3. The van der Waals surface area contributed by atoms with Crippen molar-refractivity contribution in [1.82, 2.24) is 9.80 Å². The van der Waals surface area contributed by atoms with Crippen molar-refractivity contribution < 1.29 is 4.79 Å². The van der Waals surface area contributed by atoms with Crippen LogP contribution in [-0.2, 0) is 10.2 Å². The Morgan fingerprint density at radius 1 is 1.07 bits per heavy atom. The molecule has 0 atom stereocenters. The molecule has 0 bridgehead atoms. The monoisotopic (exact) mass is 386 g/mol. The average Bonchev–Trinajstić information content (AvgIpc) is 2.69. The molecule has 4 rings (SSSR count). The Bertz CT molecular complexity index is 721. The van der Waals surface area contributed by atoms with Gasteiger partial charge in [0.05, 0.1) is 0 Å². The molecular formula is C21H30N4OS. The number of carbonyl (C=O) groups is 1. The number of anilines is 1. The van der Waals surface area contributed by atoms with E-state index in [1.165, 1.54) is 18.4 Å². The Morgan fingerprint density at radius 2 is 1.70 bits per heavy atom. The Labute approximate surface area is 167 Å². The summed E-state index contributed by atoms with van der Waals surface area (Å²) in [7, 11) is 0. The summed E-state index contributed by atoms with van der Waals surface area (Å²) < 4.78 is 0. The molecule has 0 saturated carbocycles. The fraction of sp³-hybridized carbons (Fsp3) is 0.619. The van der Waals surface area contributed by atoms with Crippen LogP contribution in [0.4, 0.5) is 5.69 Å². The second-order valence-electron chi connectivity index (χ2n) is 8.31. The third-order valence-corrected chi connectivity index (χ3v) is 7.27.